The van der Waals surface area contributed by atoms with Crippen LogP contribution >= 0.6 is 12.4 Å². The summed E-state index contributed by atoms with van der Waals surface area (Å²) in [6, 6.07) is 10.7. The van der Waals surface area contributed by atoms with Crippen LogP contribution in [0.25, 0.3) is 0 Å². The fourth-order valence-corrected chi connectivity index (χ4v) is 3.25. The number of pyridine rings is 1. The normalized spacial score (nSPS) is 15.2. The number of benzene rings is 1. The van der Waals surface area contributed by atoms with Crippen LogP contribution in [-0.4, -0.2) is 67.6 Å². The Labute approximate surface area is 177 Å². The number of hydrogen-bond acceptors (Lipinski definition) is 7. The van der Waals surface area contributed by atoms with Crippen LogP contribution in [0.5, 0.6) is 5.75 Å². The average molecular weight is 420 g/mol. The molecule has 29 heavy (non-hydrogen) atoms. The molecule has 0 bridgehead atoms. The molecule has 1 saturated heterocycles. The standard InChI is InChI=1S/C21H25N3O4.ClH/c1-16(23-11-13-24(14-12-23)18-7-9-22-10-8-18)21(26)17-3-5-19(6-4-17)28-15-20(25)27-2;/h3-10,16H,11-15H2,1-2H3;1H. The highest BCUT2D eigenvalue weighted by molar-refractivity contribution is 6.00. The molecule has 0 aliphatic carbocycles. The minimum Gasteiger partial charge on any atom is -0.482 e. The Morgan fingerprint density at radius 2 is 1.66 bits per heavy atom. The van der Waals surface area contributed by atoms with Crippen molar-refractivity contribution in [3.8, 4) is 5.75 Å². The molecule has 0 saturated carbocycles. The summed E-state index contributed by atoms with van der Waals surface area (Å²) < 4.78 is 9.86. The van der Waals surface area contributed by atoms with E-state index >= 15 is 0 Å². The first kappa shape index (κ1) is 22.6. The first-order valence-corrected chi connectivity index (χ1v) is 9.31. The molecule has 2 heterocycles. The second-order valence-electron chi connectivity index (χ2n) is 6.66. The Kier molecular flexibility index (Phi) is 8.42. The van der Waals surface area contributed by atoms with Crippen molar-refractivity contribution in [2.75, 3.05) is 44.8 Å². The van der Waals surface area contributed by atoms with E-state index in [0.29, 0.717) is 11.3 Å². The van der Waals surface area contributed by atoms with Gasteiger partial charge in [0, 0.05) is 49.8 Å². The maximum absolute atomic E-state index is 12.8. The predicted octanol–water partition coefficient (Wildman–Crippen LogP) is 2.45. The van der Waals surface area contributed by atoms with Gasteiger partial charge in [-0.1, -0.05) is 0 Å². The highest BCUT2D eigenvalue weighted by Gasteiger charge is 2.26. The fraction of sp³-hybridized carbons (Fsp3) is 0.381. The highest BCUT2D eigenvalue weighted by Crippen LogP contribution is 2.19. The Morgan fingerprint density at radius 1 is 1.03 bits per heavy atom. The Hall–Kier alpha value is -2.64. The summed E-state index contributed by atoms with van der Waals surface area (Å²) in [5.74, 6) is 0.164. The van der Waals surface area contributed by atoms with E-state index < -0.39 is 5.97 Å². The maximum atomic E-state index is 12.8. The van der Waals surface area contributed by atoms with Crippen molar-refractivity contribution in [1.82, 2.24) is 9.88 Å². The summed E-state index contributed by atoms with van der Waals surface area (Å²) in [5.41, 5.74) is 1.80. The number of hydrogen-bond donors (Lipinski definition) is 0. The van der Waals surface area contributed by atoms with Gasteiger partial charge in [0.15, 0.2) is 12.4 Å². The molecule has 1 unspecified atom stereocenters. The lowest BCUT2D eigenvalue weighted by Gasteiger charge is -2.38. The van der Waals surface area contributed by atoms with Crippen molar-refractivity contribution in [3.63, 3.8) is 0 Å². The van der Waals surface area contributed by atoms with Crippen LogP contribution < -0.4 is 9.64 Å². The monoisotopic (exact) mass is 419 g/mol. The summed E-state index contributed by atoms with van der Waals surface area (Å²) in [5, 5.41) is 0. The highest BCUT2D eigenvalue weighted by atomic mass is 35.5. The van der Waals surface area contributed by atoms with Gasteiger partial charge in [-0.3, -0.25) is 14.7 Å². The molecule has 7 nitrogen and oxygen atoms in total. The van der Waals surface area contributed by atoms with Crippen molar-refractivity contribution in [1.29, 1.82) is 0 Å². The van der Waals surface area contributed by atoms with Crippen molar-refractivity contribution in [2.45, 2.75) is 13.0 Å². The lowest BCUT2D eigenvalue weighted by Crippen LogP contribution is -2.51. The zero-order valence-corrected chi connectivity index (χ0v) is 17.4. The second-order valence-corrected chi connectivity index (χ2v) is 6.66. The SMILES string of the molecule is COC(=O)COc1ccc(C(=O)C(C)N2CCN(c3ccncc3)CC2)cc1.Cl. The summed E-state index contributed by atoms with van der Waals surface area (Å²) in [6.07, 6.45) is 3.60. The van der Waals surface area contributed by atoms with E-state index in [9.17, 15) is 9.59 Å². The molecular formula is C21H26ClN3O4. The molecule has 0 radical (unpaired) electrons. The zero-order chi connectivity index (χ0) is 19.9. The van der Waals surface area contributed by atoms with Gasteiger partial charge in [0.1, 0.15) is 5.75 Å². The molecule has 8 heteroatoms. The third kappa shape index (κ3) is 5.92. The lowest BCUT2D eigenvalue weighted by atomic mass is 10.0. The van der Waals surface area contributed by atoms with E-state index in [1.54, 1.807) is 36.7 Å². The van der Waals surface area contributed by atoms with Crippen LogP contribution in [0.2, 0.25) is 0 Å². The van der Waals surface area contributed by atoms with E-state index in [1.807, 2.05) is 19.1 Å². The van der Waals surface area contributed by atoms with Crippen molar-refractivity contribution in [3.05, 3.63) is 54.4 Å². The van der Waals surface area contributed by atoms with E-state index in [1.165, 1.54) is 7.11 Å². The van der Waals surface area contributed by atoms with Crippen molar-refractivity contribution >= 4 is 29.8 Å². The number of carbonyl (C=O) groups excluding carboxylic acids is 2. The van der Waals surface area contributed by atoms with E-state index in [2.05, 4.69) is 19.5 Å². The van der Waals surface area contributed by atoms with E-state index in [-0.39, 0.29) is 30.8 Å². The van der Waals surface area contributed by atoms with E-state index in [0.717, 1.165) is 31.9 Å². The van der Waals surface area contributed by atoms with Crippen LogP contribution in [0.4, 0.5) is 5.69 Å². The molecule has 1 aliphatic heterocycles. The van der Waals surface area contributed by atoms with Gasteiger partial charge in [-0.25, -0.2) is 4.79 Å². The minimum atomic E-state index is -0.445. The number of Topliss-reactive ketones (excluding diaryl/α,β-unsaturated/α-hetero) is 1. The Bertz CT molecular complexity index is 793. The molecule has 0 amide bonds. The number of esters is 1. The number of carbonyl (C=O) groups is 2. The molecule has 2 aromatic rings. The van der Waals surface area contributed by atoms with Gasteiger partial charge in [0.25, 0.3) is 0 Å². The molecule has 0 N–H and O–H groups in total. The molecule has 1 aromatic carbocycles. The summed E-state index contributed by atoms with van der Waals surface area (Å²) in [6.45, 7) is 5.21. The van der Waals surface area contributed by atoms with E-state index in [4.69, 9.17) is 4.74 Å². The molecule has 1 fully saturated rings. The number of halogens is 1. The number of nitrogens with zero attached hydrogens (tertiary/aromatic N) is 3. The number of anilines is 1. The second kappa shape index (κ2) is 10.8. The van der Waals surface area contributed by atoms with Gasteiger partial charge in [0.05, 0.1) is 13.2 Å². The third-order valence-electron chi connectivity index (χ3n) is 4.99. The van der Waals surface area contributed by atoms with Crippen molar-refractivity contribution < 1.29 is 19.1 Å². The van der Waals surface area contributed by atoms with Gasteiger partial charge < -0.3 is 14.4 Å². The first-order chi connectivity index (χ1) is 13.6. The number of ketones is 1. The fourth-order valence-electron chi connectivity index (χ4n) is 3.25. The van der Waals surface area contributed by atoms with Crippen LogP contribution in [0.15, 0.2) is 48.8 Å². The van der Waals surface area contributed by atoms with Gasteiger partial charge in [-0.2, -0.15) is 0 Å². The predicted molar refractivity (Wildman–Crippen MR) is 113 cm³/mol. The van der Waals surface area contributed by atoms with Crippen molar-refractivity contribution in [2.24, 2.45) is 0 Å². The largest absolute Gasteiger partial charge is 0.482 e. The topological polar surface area (TPSA) is 72.0 Å². The van der Waals surface area contributed by atoms with Gasteiger partial charge in [0.2, 0.25) is 0 Å². The Balaban J connectivity index is 0.00000300. The number of methoxy groups -OCH3 is 1. The molecule has 1 atom stereocenters. The summed E-state index contributed by atoms with van der Waals surface area (Å²) >= 11 is 0. The maximum Gasteiger partial charge on any atom is 0.343 e. The number of aromatic nitrogens is 1. The quantitative estimate of drug-likeness (QED) is 0.504. The molecule has 156 valence electrons. The summed E-state index contributed by atoms with van der Waals surface area (Å²) in [4.78, 5) is 32.5. The van der Waals surface area contributed by atoms with Crippen LogP contribution in [0.3, 0.4) is 0 Å². The average Bonchev–Trinajstić information content (AvgIpc) is 2.77. The molecule has 1 aromatic heterocycles. The number of ether oxygens (including phenoxy) is 2. The third-order valence-corrected chi connectivity index (χ3v) is 4.99. The molecular weight excluding hydrogens is 394 g/mol. The lowest BCUT2D eigenvalue weighted by molar-refractivity contribution is -0.142. The smallest absolute Gasteiger partial charge is 0.343 e. The van der Waals surface area contributed by atoms with Gasteiger partial charge in [-0.15, -0.1) is 12.4 Å². The van der Waals surface area contributed by atoms with Gasteiger partial charge >= 0.3 is 5.97 Å². The zero-order valence-electron chi connectivity index (χ0n) is 16.6. The molecule has 1 aliphatic rings. The van der Waals surface area contributed by atoms with Gasteiger partial charge in [-0.05, 0) is 43.3 Å². The Morgan fingerprint density at radius 3 is 2.24 bits per heavy atom. The number of rotatable bonds is 7. The first-order valence-electron chi connectivity index (χ1n) is 9.31. The molecule has 3 rings (SSSR count). The molecule has 0 spiro atoms. The summed E-state index contributed by atoms with van der Waals surface area (Å²) in [7, 11) is 1.31. The van der Waals surface area contributed by atoms with Crippen LogP contribution in [0, 0.1) is 0 Å². The number of piperazine rings is 1. The van der Waals surface area contributed by atoms with Crippen LogP contribution in [0.1, 0.15) is 17.3 Å². The minimum absolute atomic E-state index is 0. The van der Waals surface area contributed by atoms with Crippen LogP contribution in [-0.2, 0) is 9.53 Å².